The number of carbonyl (C=O) groups excluding carboxylic acids is 1. The van der Waals surface area contributed by atoms with Crippen LogP contribution in [0.5, 0.6) is 17.2 Å². The van der Waals surface area contributed by atoms with Crippen molar-refractivity contribution in [2.24, 2.45) is 0 Å². The second kappa shape index (κ2) is 7.87. The molecular formula is C17H18BrNO4. The lowest BCUT2D eigenvalue weighted by Gasteiger charge is -2.13. The summed E-state index contributed by atoms with van der Waals surface area (Å²) in [6.45, 7) is 1.83. The lowest BCUT2D eigenvalue weighted by Crippen LogP contribution is -2.20. The SMILES string of the molecule is COc1ccc(OC)c(NC(=O)COc2ccc(Br)cc2C)c1. The molecule has 0 spiro atoms. The third-order valence-corrected chi connectivity index (χ3v) is 3.67. The minimum absolute atomic E-state index is 0.0944. The van der Waals surface area contributed by atoms with E-state index >= 15 is 0 Å². The molecule has 0 fully saturated rings. The summed E-state index contributed by atoms with van der Waals surface area (Å²) in [5.74, 6) is 1.57. The minimum atomic E-state index is -0.279. The highest BCUT2D eigenvalue weighted by atomic mass is 79.9. The van der Waals surface area contributed by atoms with E-state index in [2.05, 4.69) is 21.2 Å². The van der Waals surface area contributed by atoms with E-state index in [1.54, 1.807) is 32.4 Å². The number of hydrogen-bond acceptors (Lipinski definition) is 4. The van der Waals surface area contributed by atoms with Crippen molar-refractivity contribution in [1.82, 2.24) is 0 Å². The maximum absolute atomic E-state index is 12.1. The number of ether oxygens (including phenoxy) is 3. The maximum Gasteiger partial charge on any atom is 0.262 e. The second-order valence-corrected chi connectivity index (χ2v) is 5.73. The van der Waals surface area contributed by atoms with Crippen LogP contribution in [0.15, 0.2) is 40.9 Å². The zero-order valence-corrected chi connectivity index (χ0v) is 14.8. The Hall–Kier alpha value is -2.21. The molecule has 2 aromatic carbocycles. The van der Waals surface area contributed by atoms with Gasteiger partial charge in [-0.15, -0.1) is 0 Å². The number of rotatable bonds is 6. The molecule has 1 amide bonds. The summed E-state index contributed by atoms with van der Waals surface area (Å²) < 4.78 is 16.9. The fourth-order valence-electron chi connectivity index (χ4n) is 2.02. The van der Waals surface area contributed by atoms with E-state index in [4.69, 9.17) is 14.2 Å². The molecule has 0 saturated carbocycles. The summed E-state index contributed by atoms with van der Waals surface area (Å²) >= 11 is 3.39. The summed E-state index contributed by atoms with van der Waals surface area (Å²) in [5, 5.41) is 2.76. The van der Waals surface area contributed by atoms with E-state index in [0.29, 0.717) is 22.9 Å². The second-order valence-electron chi connectivity index (χ2n) is 4.81. The summed E-state index contributed by atoms with van der Waals surface area (Å²) in [4.78, 5) is 12.1. The van der Waals surface area contributed by atoms with E-state index in [1.165, 1.54) is 0 Å². The van der Waals surface area contributed by atoms with Crippen LogP contribution in [0.25, 0.3) is 0 Å². The molecule has 0 radical (unpaired) electrons. The Balaban J connectivity index is 2.02. The van der Waals surface area contributed by atoms with Crippen molar-refractivity contribution in [2.75, 3.05) is 26.1 Å². The van der Waals surface area contributed by atoms with Crippen molar-refractivity contribution >= 4 is 27.5 Å². The predicted molar refractivity (Wildman–Crippen MR) is 92.5 cm³/mol. The normalized spacial score (nSPS) is 10.1. The molecule has 2 aromatic rings. The van der Waals surface area contributed by atoms with Gasteiger partial charge in [0.25, 0.3) is 5.91 Å². The van der Waals surface area contributed by atoms with Gasteiger partial charge in [-0.25, -0.2) is 0 Å². The highest BCUT2D eigenvalue weighted by Gasteiger charge is 2.10. The first-order valence-electron chi connectivity index (χ1n) is 6.94. The number of carbonyl (C=O) groups is 1. The first kappa shape index (κ1) is 17.1. The molecule has 1 N–H and O–H groups in total. The zero-order chi connectivity index (χ0) is 16.8. The quantitative estimate of drug-likeness (QED) is 0.829. The van der Waals surface area contributed by atoms with Gasteiger partial charge >= 0.3 is 0 Å². The summed E-state index contributed by atoms with van der Waals surface area (Å²) in [5.41, 5.74) is 1.49. The molecule has 0 saturated heterocycles. The van der Waals surface area contributed by atoms with E-state index in [9.17, 15) is 4.79 Å². The molecule has 6 heteroatoms. The highest BCUT2D eigenvalue weighted by molar-refractivity contribution is 9.10. The van der Waals surface area contributed by atoms with Gasteiger partial charge in [0.1, 0.15) is 17.2 Å². The Morgan fingerprint density at radius 3 is 2.48 bits per heavy atom. The van der Waals surface area contributed by atoms with Gasteiger partial charge in [-0.05, 0) is 42.8 Å². The molecule has 23 heavy (non-hydrogen) atoms. The van der Waals surface area contributed by atoms with Gasteiger partial charge in [0.05, 0.1) is 19.9 Å². The molecule has 2 rings (SSSR count). The number of methoxy groups -OCH3 is 2. The molecule has 0 unspecified atom stereocenters. The number of benzene rings is 2. The van der Waals surface area contributed by atoms with E-state index < -0.39 is 0 Å². The molecule has 0 aliphatic rings. The zero-order valence-electron chi connectivity index (χ0n) is 13.2. The van der Waals surface area contributed by atoms with Crippen LogP contribution < -0.4 is 19.5 Å². The largest absolute Gasteiger partial charge is 0.497 e. The number of nitrogens with one attached hydrogen (secondary N) is 1. The summed E-state index contributed by atoms with van der Waals surface area (Å²) in [6.07, 6.45) is 0. The number of amides is 1. The van der Waals surface area contributed by atoms with Gasteiger partial charge in [0.2, 0.25) is 0 Å². The Bertz CT molecular complexity index is 703. The van der Waals surface area contributed by atoms with Crippen LogP contribution in [0.4, 0.5) is 5.69 Å². The van der Waals surface area contributed by atoms with Crippen molar-refractivity contribution in [3.8, 4) is 17.2 Å². The van der Waals surface area contributed by atoms with Crippen molar-refractivity contribution in [1.29, 1.82) is 0 Å². The van der Waals surface area contributed by atoms with Gasteiger partial charge in [-0.1, -0.05) is 15.9 Å². The first-order chi connectivity index (χ1) is 11.0. The molecule has 5 nitrogen and oxygen atoms in total. The Labute approximate surface area is 143 Å². The monoisotopic (exact) mass is 379 g/mol. The van der Waals surface area contributed by atoms with Crippen LogP contribution in [0.1, 0.15) is 5.56 Å². The third-order valence-electron chi connectivity index (χ3n) is 3.18. The van der Waals surface area contributed by atoms with Crippen LogP contribution >= 0.6 is 15.9 Å². The minimum Gasteiger partial charge on any atom is -0.497 e. The molecule has 0 aliphatic heterocycles. The molecule has 0 heterocycles. The van der Waals surface area contributed by atoms with Crippen LogP contribution in [0.3, 0.4) is 0 Å². The van der Waals surface area contributed by atoms with E-state index in [-0.39, 0.29) is 12.5 Å². The number of aryl methyl sites for hydroxylation is 1. The molecule has 122 valence electrons. The average molecular weight is 380 g/mol. The predicted octanol–water partition coefficient (Wildman–Crippen LogP) is 3.79. The van der Waals surface area contributed by atoms with Crippen molar-refractivity contribution in [3.05, 3.63) is 46.4 Å². The molecule has 0 atom stereocenters. The Kier molecular flexibility index (Phi) is 5.87. The molecule has 0 aliphatic carbocycles. The summed E-state index contributed by atoms with van der Waals surface area (Å²) in [7, 11) is 3.10. The van der Waals surface area contributed by atoms with Crippen LogP contribution in [-0.4, -0.2) is 26.7 Å². The Morgan fingerprint density at radius 1 is 1.09 bits per heavy atom. The molecule has 0 aromatic heterocycles. The fraction of sp³-hybridized carbons (Fsp3) is 0.235. The lowest BCUT2D eigenvalue weighted by molar-refractivity contribution is -0.118. The van der Waals surface area contributed by atoms with E-state index in [1.807, 2.05) is 25.1 Å². The summed E-state index contributed by atoms with van der Waals surface area (Å²) in [6, 6.07) is 10.8. The van der Waals surface area contributed by atoms with Gasteiger partial charge in [-0.3, -0.25) is 4.79 Å². The standard InChI is InChI=1S/C17H18BrNO4/c1-11-8-12(18)4-6-15(11)23-10-17(20)19-14-9-13(21-2)5-7-16(14)22-3/h4-9H,10H2,1-3H3,(H,19,20). The van der Waals surface area contributed by atoms with E-state index in [0.717, 1.165) is 10.0 Å². The van der Waals surface area contributed by atoms with Crippen LogP contribution in [0, 0.1) is 6.92 Å². The van der Waals surface area contributed by atoms with Gasteiger partial charge in [-0.2, -0.15) is 0 Å². The lowest BCUT2D eigenvalue weighted by atomic mass is 10.2. The molecular weight excluding hydrogens is 362 g/mol. The number of halogens is 1. The smallest absolute Gasteiger partial charge is 0.262 e. The van der Waals surface area contributed by atoms with Crippen LogP contribution in [0.2, 0.25) is 0 Å². The van der Waals surface area contributed by atoms with Gasteiger partial charge in [0, 0.05) is 10.5 Å². The van der Waals surface area contributed by atoms with Gasteiger partial charge in [0.15, 0.2) is 6.61 Å². The topological polar surface area (TPSA) is 56.8 Å². The first-order valence-corrected chi connectivity index (χ1v) is 7.73. The van der Waals surface area contributed by atoms with Crippen molar-refractivity contribution in [3.63, 3.8) is 0 Å². The fourth-order valence-corrected chi connectivity index (χ4v) is 2.49. The van der Waals surface area contributed by atoms with Crippen LogP contribution in [-0.2, 0) is 4.79 Å². The number of anilines is 1. The third kappa shape index (κ3) is 4.63. The highest BCUT2D eigenvalue weighted by Crippen LogP contribution is 2.29. The number of hydrogen-bond donors (Lipinski definition) is 1. The van der Waals surface area contributed by atoms with Crippen molar-refractivity contribution < 1.29 is 19.0 Å². The van der Waals surface area contributed by atoms with Gasteiger partial charge < -0.3 is 19.5 Å². The van der Waals surface area contributed by atoms with Crippen molar-refractivity contribution in [2.45, 2.75) is 6.92 Å². The Morgan fingerprint density at radius 2 is 1.83 bits per heavy atom. The average Bonchev–Trinajstić information content (AvgIpc) is 2.54. The maximum atomic E-state index is 12.1. The molecule has 0 bridgehead atoms.